The Morgan fingerprint density at radius 2 is 0.921 bits per heavy atom. The first-order valence-corrected chi connectivity index (χ1v) is 9.42. The summed E-state index contributed by atoms with van der Waals surface area (Å²) in [6, 6.07) is 1.94. The molecular weight excluding hydrogens is 548 g/mol. The summed E-state index contributed by atoms with van der Waals surface area (Å²) in [6.45, 7) is -0.664. The monoisotopic (exact) mass is 553 g/mol. The number of ether oxygens (including phenoxy) is 2. The van der Waals surface area contributed by atoms with Gasteiger partial charge in [-0.25, -0.2) is 35.9 Å². The van der Waals surface area contributed by atoms with E-state index in [0.717, 1.165) is 12.1 Å². The molecule has 0 radical (unpaired) electrons. The third-order valence-electron chi connectivity index (χ3n) is 4.51. The summed E-state index contributed by atoms with van der Waals surface area (Å²) >= 11 is 0. The number of carbonyl (C=O) groups excluding carboxylic acids is 2. The molecule has 0 aromatic heterocycles. The number of halogens is 10. The zero-order chi connectivity index (χ0) is 28.5. The average molecular weight is 553 g/mol. The molecule has 0 fully saturated rings. The Bertz CT molecular complexity index is 1400. The molecular formula is C21H5F10N3O4. The quantitative estimate of drug-likeness (QED) is 0.0521. The van der Waals surface area contributed by atoms with Crippen molar-refractivity contribution in [2.24, 2.45) is 5.11 Å². The molecule has 0 aliphatic heterocycles. The predicted octanol–water partition coefficient (Wildman–Crippen LogP) is 6.33. The van der Waals surface area contributed by atoms with Gasteiger partial charge < -0.3 is 9.47 Å². The number of hydrogen-bond acceptors (Lipinski definition) is 5. The summed E-state index contributed by atoms with van der Waals surface area (Å²) in [7, 11) is 0. The normalized spacial score (nSPS) is 10.7. The molecule has 0 spiro atoms. The first kappa shape index (κ1) is 27.8. The fraction of sp³-hybridized carbons (Fsp3) is 0.0476. The highest BCUT2D eigenvalue weighted by Gasteiger charge is 2.31. The van der Waals surface area contributed by atoms with Gasteiger partial charge in [0.05, 0.1) is 17.7 Å². The van der Waals surface area contributed by atoms with Crippen LogP contribution in [0.4, 0.5) is 43.9 Å². The Balaban J connectivity index is 2.05. The highest BCUT2D eigenvalue weighted by atomic mass is 19.2. The molecule has 38 heavy (non-hydrogen) atoms. The molecule has 0 saturated carbocycles. The van der Waals surface area contributed by atoms with Crippen molar-refractivity contribution in [2.45, 2.75) is 6.54 Å². The zero-order valence-corrected chi connectivity index (χ0v) is 17.7. The molecule has 0 aliphatic rings. The summed E-state index contributed by atoms with van der Waals surface area (Å²) in [4.78, 5) is 27.2. The molecule has 0 aliphatic carbocycles. The van der Waals surface area contributed by atoms with E-state index in [9.17, 15) is 53.5 Å². The van der Waals surface area contributed by atoms with Gasteiger partial charge in [0.2, 0.25) is 69.7 Å². The molecule has 0 bridgehead atoms. The van der Waals surface area contributed by atoms with Crippen molar-refractivity contribution >= 4 is 11.9 Å². The van der Waals surface area contributed by atoms with E-state index in [-0.39, 0.29) is 5.56 Å². The maximum atomic E-state index is 13.9. The highest BCUT2D eigenvalue weighted by Crippen LogP contribution is 2.31. The van der Waals surface area contributed by atoms with Crippen molar-refractivity contribution in [3.63, 3.8) is 0 Å². The summed E-state index contributed by atoms with van der Waals surface area (Å²) < 4.78 is 144. The smallest absolute Gasteiger partial charge is 0.343 e. The predicted molar refractivity (Wildman–Crippen MR) is 102 cm³/mol. The first-order valence-electron chi connectivity index (χ1n) is 9.42. The van der Waals surface area contributed by atoms with Crippen LogP contribution in [-0.2, 0) is 6.54 Å². The average Bonchev–Trinajstić information content (AvgIpc) is 2.91. The van der Waals surface area contributed by atoms with Crippen molar-refractivity contribution in [3.8, 4) is 11.5 Å². The second-order valence-corrected chi connectivity index (χ2v) is 6.88. The third kappa shape index (κ3) is 5.04. The van der Waals surface area contributed by atoms with Gasteiger partial charge in [0.15, 0.2) is 0 Å². The van der Waals surface area contributed by atoms with Crippen LogP contribution in [0.3, 0.4) is 0 Å². The molecule has 0 unspecified atom stereocenters. The lowest BCUT2D eigenvalue weighted by Crippen LogP contribution is -2.17. The molecule has 0 atom stereocenters. The van der Waals surface area contributed by atoms with Crippen LogP contribution in [0.5, 0.6) is 11.5 Å². The summed E-state index contributed by atoms with van der Waals surface area (Å²) in [6.07, 6.45) is 0. The molecule has 0 saturated heterocycles. The SMILES string of the molecule is [N-]=[N+]=NCc1cc(C(=O)Oc2c(F)c(F)c(F)c(F)c2F)cc(C(=O)Oc2c(F)c(F)c(F)c(F)c2F)c1. The number of benzene rings is 3. The van der Waals surface area contributed by atoms with Crippen LogP contribution in [-0.4, -0.2) is 11.9 Å². The summed E-state index contributed by atoms with van der Waals surface area (Å²) in [5.74, 6) is -32.9. The summed E-state index contributed by atoms with van der Waals surface area (Å²) in [5, 5.41) is 3.09. The van der Waals surface area contributed by atoms with E-state index in [2.05, 4.69) is 19.5 Å². The molecule has 0 amide bonds. The second-order valence-electron chi connectivity index (χ2n) is 6.88. The van der Waals surface area contributed by atoms with E-state index < -0.39 is 99.3 Å². The lowest BCUT2D eigenvalue weighted by molar-refractivity contribution is 0.0715. The molecule has 0 N–H and O–H groups in total. The Labute approximate surface area is 202 Å². The largest absolute Gasteiger partial charge is 0.416 e. The van der Waals surface area contributed by atoms with Crippen molar-refractivity contribution in [1.82, 2.24) is 0 Å². The van der Waals surface area contributed by atoms with E-state index in [4.69, 9.17) is 5.53 Å². The van der Waals surface area contributed by atoms with Gasteiger partial charge in [-0.1, -0.05) is 5.11 Å². The van der Waals surface area contributed by atoms with Gasteiger partial charge in [-0.05, 0) is 29.3 Å². The van der Waals surface area contributed by atoms with Crippen molar-refractivity contribution < 1.29 is 63.0 Å². The van der Waals surface area contributed by atoms with E-state index >= 15 is 0 Å². The van der Waals surface area contributed by atoms with Crippen LogP contribution in [0, 0.1) is 58.2 Å². The van der Waals surface area contributed by atoms with Crippen molar-refractivity contribution in [2.75, 3.05) is 0 Å². The van der Waals surface area contributed by atoms with Crippen LogP contribution in [0.2, 0.25) is 0 Å². The van der Waals surface area contributed by atoms with Gasteiger partial charge in [-0.15, -0.1) is 0 Å². The van der Waals surface area contributed by atoms with Crippen LogP contribution in [0.25, 0.3) is 10.4 Å². The minimum atomic E-state index is -2.56. The Morgan fingerprint density at radius 1 is 0.605 bits per heavy atom. The third-order valence-corrected chi connectivity index (χ3v) is 4.51. The highest BCUT2D eigenvalue weighted by molar-refractivity contribution is 5.97. The Morgan fingerprint density at radius 3 is 1.24 bits per heavy atom. The topological polar surface area (TPSA) is 101 Å². The number of esters is 2. The molecule has 3 aromatic rings. The summed E-state index contributed by atoms with van der Waals surface area (Å²) in [5.41, 5.74) is 6.36. The number of carbonyl (C=O) groups is 2. The molecule has 3 aromatic carbocycles. The maximum Gasteiger partial charge on any atom is 0.343 e. The lowest BCUT2D eigenvalue weighted by Gasteiger charge is -2.12. The standard InChI is InChI=1S/C21H5F10N3O4/c22-8-10(24)14(28)18(15(29)11(8)25)37-20(35)6-1-5(4-33-34-32)2-7(3-6)21(36)38-19-16(30)12(26)9(23)13(27)17(19)31/h1-3H,4H2. The van der Waals surface area contributed by atoms with Gasteiger partial charge in [0.25, 0.3) is 0 Å². The van der Waals surface area contributed by atoms with Crippen LogP contribution >= 0.6 is 0 Å². The van der Waals surface area contributed by atoms with E-state index in [0.29, 0.717) is 6.07 Å². The number of azide groups is 1. The van der Waals surface area contributed by atoms with Gasteiger partial charge in [0.1, 0.15) is 0 Å². The van der Waals surface area contributed by atoms with Gasteiger partial charge in [0, 0.05) is 4.91 Å². The molecule has 198 valence electrons. The van der Waals surface area contributed by atoms with Crippen LogP contribution in [0.1, 0.15) is 26.3 Å². The van der Waals surface area contributed by atoms with E-state index in [1.165, 1.54) is 0 Å². The van der Waals surface area contributed by atoms with Crippen molar-refractivity contribution in [1.29, 1.82) is 0 Å². The van der Waals surface area contributed by atoms with Gasteiger partial charge >= 0.3 is 11.9 Å². The number of rotatable bonds is 6. The number of hydrogen-bond donors (Lipinski definition) is 0. The fourth-order valence-corrected chi connectivity index (χ4v) is 2.78. The zero-order valence-electron chi connectivity index (χ0n) is 17.7. The van der Waals surface area contributed by atoms with Gasteiger partial charge in [-0.2, -0.15) is 17.6 Å². The molecule has 0 heterocycles. The van der Waals surface area contributed by atoms with Crippen molar-refractivity contribution in [3.05, 3.63) is 104 Å². The Hall–Kier alpha value is -4.79. The van der Waals surface area contributed by atoms with Crippen LogP contribution < -0.4 is 9.47 Å². The molecule has 17 heteroatoms. The minimum Gasteiger partial charge on any atom is -0.416 e. The molecule has 7 nitrogen and oxygen atoms in total. The molecule has 3 rings (SSSR count). The van der Waals surface area contributed by atoms with Gasteiger partial charge in [-0.3, -0.25) is 0 Å². The maximum absolute atomic E-state index is 13.9. The van der Waals surface area contributed by atoms with E-state index in [1.54, 1.807) is 0 Å². The first-order chi connectivity index (χ1) is 17.8. The lowest BCUT2D eigenvalue weighted by atomic mass is 10.1. The minimum absolute atomic E-state index is 0.293. The van der Waals surface area contributed by atoms with Crippen LogP contribution in [0.15, 0.2) is 23.3 Å². The number of nitrogens with zero attached hydrogens (tertiary/aromatic N) is 3. The Kier molecular flexibility index (Phi) is 7.81. The second kappa shape index (κ2) is 10.7. The fourth-order valence-electron chi connectivity index (χ4n) is 2.78. The van der Waals surface area contributed by atoms with E-state index in [1.807, 2.05) is 0 Å².